The average Bonchev–Trinajstić information content (AvgIpc) is 2.65. The zero-order valence-electron chi connectivity index (χ0n) is 15.0. The number of halogens is 3. The van der Waals surface area contributed by atoms with Crippen molar-refractivity contribution in [2.75, 3.05) is 6.54 Å². The molecular formula is C19H21F3N4O2. The van der Waals surface area contributed by atoms with E-state index >= 15 is 0 Å². The molecule has 1 amide bonds. The fourth-order valence-corrected chi connectivity index (χ4v) is 2.22. The van der Waals surface area contributed by atoms with E-state index in [1.807, 2.05) is 30.3 Å². The first-order chi connectivity index (χ1) is 13.3. The molecule has 0 saturated heterocycles. The number of nitrogens with two attached hydrogens (primary N) is 1. The molecule has 0 bridgehead atoms. The molecule has 0 fully saturated rings. The second-order valence-corrected chi connectivity index (χ2v) is 5.83. The van der Waals surface area contributed by atoms with E-state index < -0.39 is 6.36 Å². The van der Waals surface area contributed by atoms with Crippen LogP contribution in [-0.2, 0) is 17.9 Å². The summed E-state index contributed by atoms with van der Waals surface area (Å²) in [5, 5.41) is 5.62. The van der Waals surface area contributed by atoms with E-state index in [0.29, 0.717) is 18.7 Å². The third-order valence-corrected chi connectivity index (χ3v) is 3.58. The highest BCUT2D eigenvalue weighted by molar-refractivity contribution is 5.80. The molecule has 0 atom stereocenters. The van der Waals surface area contributed by atoms with Crippen molar-refractivity contribution in [3.63, 3.8) is 0 Å². The lowest BCUT2D eigenvalue weighted by molar-refractivity contribution is -0.274. The second kappa shape index (κ2) is 10.2. The molecule has 0 saturated carbocycles. The van der Waals surface area contributed by atoms with Gasteiger partial charge in [-0.1, -0.05) is 42.5 Å². The average molecular weight is 394 g/mol. The Morgan fingerprint density at radius 3 is 2.32 bits per heavy atom. The van der Waals surface area contributed by atoms with Crippen LogP contribution in [0.25, 0.3) is 0 Å². The molecule has 0 aliphatic carbocycles. The molecule has 2 rings (SSSR count). The zero-order valence-corrected chi connectivity index (χ0v) is 15.0. The number of hydrogen-bond donors (Lipinski definition) is 3. The normalized spacial score (nSPS) is 11.8. The fraction of sp³-hybridized carbons (Fsp3) is 0.263. The minimum Gasteiger partial charge on any atom is -0.406 e. The van der Waals surface area contributed by atoms with Crippen molar-refractivity contribution < 1.29 is 22.7 Å². The number of rotatable bonds is 8. The van der Waals surface area contributed by atoms with Crippen molar-refractivity contribution in [2.45, 2.75) is 25.9 Å². The standard InChI is InChI=1S/C19H21F3N4O2/c20-19(21,22)28-16-8-6-15(7-9-16)13-26-18(23)24-11-10-17(27)25-12-14-4-2-1-3-5-14/h1-9H,10-13H2,(H,25,27)(H3,23,24,26). The number of nitrogens with zero attached hydrogens (tertiary/aromatic N) is 1. The van der Waals surface area contributed by atoms with Crippen LogP contribution in [0.2, 0.25) is 0 Å². The Balaban J connectivity index is 1.67. The van der Waals surface area contributed by atoms with Crippen LogP contribution in [-0.4, -0.2) is 24.8 Å². The highest BCUT2D eigenvalue weighted by Gasteiger charge is 2.30. The molecule has 2 aromatic rings. The molecule has 0 heterocycles. The molecule has 4 N–H and O–H groups in total. The van der Waals surface area contributed by atoms with E-state index in [0.717, 1.165) is 5.56 Å². The Kier molecular flexibility index (Phi) is 7.67. The molecule has 2 aromatic carbocycles. The minimum atomic E-state index is -4.72. The van der Waals surface area contributed by atoms with Crippen LogP contribution in [0, 0.1) is 0 Å². The van der Waals surface area contributed by atoms with Crippen molar-refractivity contribution in [1.82, 2.24) is 10.6 Å². The van der Waals surface area contributed by atoms with Gasteiger partial charge < -0.3 is 21.1 Å². The monoisotopic (exact) mass is 394 g/mol. The van der Waals surface area contributed by atoms with Gasteiger partial charge in [-0.15, -0.1) is 13.2 Å². The number of carbonyl (C=O) groups excluding carboxylic acids is 1. The van der Waals surface area contributed by atoms with Crippen LogP contribution < -0.4 is 21.1 Å². The molecule has 0 spiro atoms. The Morgan fingerprint density at radius 2 is 1.68 bits per heavy atom. The molecule has 0 unspecified atom stereocenters. The Hall–Kier alpha value is -3.23. The van der Waals surface area contributed by atoms with Gasteiger partial charge in [-0.05, 0) is 23.3 Å². The highest BCUT2D eigenvalue weighted by atomic mass is 19.4. The molecule has 0 aromatic heterocycles. The molecule has 0 radical (unpaired) electrons. The molecule has 6 nitrogen and oxygen atoms in total. The number of amides is 1. The van der Waals surface area contributed by atoms with Crippen molar-refractivity contribution in [3.8, 4) is 5.75 Å². The van der Waals surface area contributed by atoms with E-state index in [4.69, 9.17) is 5.73 Å². The van der Waals surface area contributed by atoms with Gasteiger partial charge in [-0.2, -0.15) is 0 Å². The van der Waals surface area contributed by atoms with Crippen LogP contribution in [0.3, 0.4) is 0 Å². The number of alkyl halides is 3. The Morgan fingerprint density at radius 1 is 1.00 bits per heavy atom. The predicted octanol–water partition coefficient (Wildman–Crippen LogP) is 2.70. The number of nitrogens with one attached hydrogen (secondary N) is 2. The first-order valence-electron chi connectivity index (χ1n) is 8.51. The Bertz CT molecular complexity index is 778. The summed E-state index contributed by atoms with van der Waals surface area (Å²) in [6.07, 6.45) is -4.49. The number of aliphatic imine (C=N–C) groups is 1. The van der Waals surface area contributed by atoms with Crippen LogP contribution in [0.15, 0.2) is 59.6 Å². The topological polar surface area (TPSA) is 88.7 Å². The minimum absolute atomic E-state index is 0.121. The molecule has 0 aliphatic heterocycles. The van der Waals surface area contributed by atoms with Crippen LogP contribution in [0.5, 0.6) is 5.75 Å². The molecule has 28 heavy (non-hydrogen) atoms. The number of ether oxygens (including phenoxy) is 1. The maximum Gasteiger partial charge on any atom is 0.573 e. The summed E-state index contributed by atoms with van der Waals surface area (Å²) in [6.45, 7) is 0.955. The summed E-state index contributed by atoms with van der Waals surface area (Å²) in [4.78, 5) is 15.9. The van der Waals surface area contributed by atoms with Gasteiger partial charge in [0, 0.05) is 19.5 Å². The van der Waals surface area contributed by atoms with E-state index in [9.17, 15) is 18.0 Å². The van der Waals surface area contributed by atoms with E-state index in [1.165, 1.54) is 24.3 Å². The smallest absolute Gasteiger partial charge is 0.406 e. The van der Waals surface area contributed by atoms with Crippen molar-refractivity contribution in [1.29, 1.82) is 0 Å². The van der Waals surface area contributed by atoms with Crippen molar-refractivity contribution in [2.24, 2.45) is 10.7 Å². The summed E-state index contributed by atoms with van der Waals surface area (Å²) >= 11 is 0. The van der Waals surface area contributed by atoms with Crippen LogP contribution >= 0.6 is 0 Å². The number of benzene rings is 2. The lowest BCUT2D eigenvalue weighted by atomic mass is 10.2. The number of guanidine groups is 1. The van der Waals surface area contributed by atoms with Gasteiger partial charge in [-0.25, -0.2) is 4.99 Å². The fourth-order valence-electron chi connectivity index (χ4n) is 2.22. The quantitative estimate of drug-likeness (QED) is 0.475. The first kappa shape index (κ1) is 21.1. The summed E-state index contributed by atoms with van der Waals surface area (Å²) in [5.41, 5.74) is 7.40. The first-order valence-corrected chi connectivity index (χ1v) is 8.51. The second-order valence-electron chi connectivity index (χ2n) is 5.83. The summed E-state index contributed by atoms with van der Waals surface area (Å²) < 4.78 is 40.1. The maximum absolute atomic E-state index is 12.1. The molecule has 0 aliphatic rings. The predicted molar refractivity (Wildman–Crippen MR) is 99.4 cm³/mol. The lowest BCUT2D eigenvalue weighted by Crippen LogP contribution is -2.35. The lowest BCUT2D eigenvalue weighted by Gasteiger charge is -2.09. The van der Waals surface area contributed by atoms with Gasteiger partial charge in [-0.3, -0.25) is 4.79 Å². The number of carbonyl (C=O) groups is 1. The van der Waals surface area contributed by atoms with Gasteiger partial charge in [0.2, 0.25) is 5.91 Å². The zero-order chi connectivity index (χ0) is 20.4. The van der Waals surface area contributed by atoms with Gasteiger partial charge in [0.25, 0.3) is 0 Å². The third kappa shape index (κ3) is 8.43. The Labute approximate surface area is 160 Å². The summed E-state index contributed by atoms with van der Waals surface area (Å²) in [7, 11) is 0. The van der Waals surface area contributed by atoms with Gasteiger partial charge in [0.1, 0.15) is 5.75 Å². The maximum atomic E-state index is 12.1. The summed E-state index contributed by atoms with van der Waals surface area (Å²) in [5.74, 6) is -0.274. The van der Waals surface area contributed by atoms with Gasteiger partial charge >= 0.3 is 6.36 Å². The highest BCUT2D eigenvalue weighted by Crippen LogP contribution is 2.22. The van der Waals surface area contributed by atoms with Crippen molar-refractivity contribution >= 4 is 11.9 Å². The third-order valence-electron chi connectivity index (χ3n) is 3.58. The SMILES string of the molecule is NC(=NCc1ccc(OC(F)(F)F)cc1)NCCC(=O)NCc1ccccc1. The van der Waals surface area contributed by atoms with Crippen LogP contribution in [0.1, 0.15) is 17.5 Å². The molecule has 9 heteroatoms. The molecule has 150 valence electrons. The van der Waals surface area contributed by atoms with E-state index in [2.05, 4.69) is 20.4 Å². The largest absolute Gasteiger partial charge is 0.573 e. The van der Waals surface area contributed by atoms with E-state index in [1.54, 1.807) is 0 Å². The van der Waals surface area contributed by atoms with Crippen LogP contribution in [0.4, 0.5) is 13.2 Å². The number of hydrogen-bond acceptors (Lipinski definition) is 3. The van der Waals surface area contributed by atoms with E-state index in [-0.39, 0.29) is 30.6 Å². The molecular weight excluding hydrogens is 373 g/mol. The van der Waals surface area contributed by atoms with Gasteiger partial charge in [0.15, 0.2) is 5.96 Å². The van der Waals surface area contributed by atoms with Gasteiger partial charge in [0.05, 0.1) is 6.54 Å². The van der Waals surface area contributed by atoms with Crippen molar-refractivity contribution in [3.05, 3.63) is 65.7 Å². The summed E-state index contributed by atoms with van der Waals surface area (Å²) in [6, 6.07) is 14.9.